The monoisotopic (exact) mass is 325 g/mol. The molecule has 1 aromatic rings. The van der Waals surface area contributed by atoms with Crippen molar-refractivity contribution >= 4 is 21.8 Å². The van der Waals surface area contributed by atoms with Crippen molar-refractivity contribution in [1.29, 1.82) is 0 Å². The highest BCUT2D eigenvalue weighted by atomic mass is 79.9. The lowest BCUT2D eigenvalue weighted by molar-refractivity contribution is 0.0945. The third kappa shape index (κ3) is 3.75. The second kappa shape index (κ2) is 6.46. The molecule has 0 aliphatic heterocycles. The minimum absolute atomic E-state index is 0.0205. The van der Waals surface area contributed by atoms with E-state index in [0.717, 1.165) is 30.8 Å². The summed E-state index contributed by atoms with van der Waals surface area (Å²) in [6.45, 7) is 4.60. The van der Waals surface area contributed by atoms with E-state index in [0.29, 0.717) is 16.3 Å². The molecule has 2 unspecified atom stereocenters. The van der Waals surface area contributed by atoms with E-state index in [-0.39, 0.29) is 5.91 Å². The zero-order valence-electron chi connectivity index (χ0n) is 11.4. The van der Waals surface area contributed by atoms with Gasteiger partial charge in [0.2, 0.25) is 0 Å². The van der Waals surface area contributed by atoms with Gasteiger partial charge >= 0.3 is 0 Å². The molecule has 19 heavy (non-hydrogen) atoms. The molecular formula is C14H20BrN3O. The van der Waals surface area contributed by atoms with Gasteiger partial charge in [-0.2, -0.15) is 10.2 Å². The van der Waals surface area contributed by atoms with Crippen molar-refractivity contribution in [2.45, 2.75) is 44.4 Å². The van der Waals surface area contributed by atoms with Crippen molar-refractivity contribution in [2.75, 3.05) is 6.54 Å². The third-order valence-corrected chi connectivity index (χ3v) is 4.43. The molecule has 104 valence electrons. The number of aryl methyl sites for hydroxylation is 2. The topological polar surface area (TPSA) is 54.9 Å². The maximum absolute atomic E-state index is 12.2. The molecule has 1 aromatic heterocycles. The summed E-state index contributed by atoms with van der Waals surface area (Å²) in [5.41, 5.74) is 2.22. The Morgan fingerprint density at radius 2 is 2.26 bits per heavy atom. The number of aromatic nitrogens is 2. The Morgan fingerprint density at radius 3 is 2.89 bits per heavy atom. The largest absolute Gasteiger partial charge is 0.352 e. The van der Waals surface area contributed by atoms with E-state index >= 15 is 0 Å². The predicted molar refractivity (Wildman–Crippen MR) is 78.5 cm³/mol. The smallest absolute Gasteiger partial charge is 0.253 e. The molecule has 0 radical (unpaired) electrons. The first-order valence-electron chi connectivity index (χ1n) is 6.85. The lowest BCUT2D eigenvalue weighted by atomic mass is 10.1. The van der Waals surface area contributed by atoms with E-state index in [9.17, 15) is 4.79 Å². The van der Waals surface area contributed by atoms with Gasteiger partial charge in [0.05, 0.1) is 17.0 Å². The number of rotatable bonds is 4. The fourth-order valence-electron chi connectivity index (χ4n) is 2.50. The van der Waals surface area contributed by atoms with Crippen LogP contribution in [0, 0.1) is 12.8 Å². The van der Waals surface area contributed by atoms with Gasteiger partial charge in [0.25, 0.3) is 5.91 Å². The Kier molecular flexibility index (Phi) is 4.91. The number of halogens is 1. The van der Waals surface area contributed by atoms with E-state index in [1.807, 2.05) is 19.9 Å². The lowest BCUT2D eigenvalue weighted by Gasteiger charge is -2.12. The molecule has 4 nitrogen and oxygen atoms in total. The second-order valence-electron chi connectivity index (χ2n) is 5.19. The Balaban J connectivity index is 1.97. The van der Waals surface area contributed by atoms with Crippen LogP contribution >= 0.6 is 15.9 Å². The maximum atomic E-state index is 12.2. The maximum Gasteiger partial charge on any atom is 0.253 e. The van der Waals surface area contributed by atoms with Crippen molar-refractivity contribution in [1.82, 2.24) is 15.5 Å². The van der Waals surface area contributed by atoms with E-state index < -0.39 is 0 Å². The summed E-state index contributed by atoms with van der Waals surface area (Å²) in [6.07, 6.45) is 4.26. The van der Waals surface area contributed by atoms with E-state index in [2.05, 4.69) is 31.4 Å². The third-order valence-electron chi connectivity index (χ3n) is 3.60. The first-order chi connectivity index (χ1) is 9.10. The average Bonchev–Trinajstić information content (AvgIpc) is 2.81. The highest BCUT2D eigenvalue weighted by Crippen LogP contribution is 2.30. The lowest BCUT2D eigenvalue weighted by Crippen LogP contribution is -2.29. The van der Waals surface area contributed by atoms with Crippen LogP contribution in [0.3, 0.4) is 0 Å². The number of nitrogens with one attached hydrogen (secondary N) is 1. The molecule has 1 aliphatic rings. The molecule has 1 fully saturated rings. The van der Waals surface area contributed by atoms with Crippen LogP contribution in [0.25, 0.3) is 0 Å². The quantitative estimate of drug-likeness (QED) is 0.866. The van der Waals surface area contributed by atoms with Crippen molar-refractivity contribution in [2.24, 2.45) is 5.92 Å². The molecule has 1 N–H and O–H groups in total. The van der Waals surface area contributed by atoms with Gasteiger partial charge in [-0.3, -0.25) is 4.79 Å². The molecule has 1 saturated carbocycles. The normalized spacial score (nSPS) is 22.5. The molecule has 5 heteroatoms. The molecule has 2 rings (SSSR count). The standard InChI is InChI=1S/C14H20BrN3O/c1-3-13-12(6-9(2)17-18-13)14(19)16-8-10-4-5-11(15)7-10/h6,10-11H,3-5,7-8H2,1-2H3,(H,16,19). The first-order valence-corrected chi connectivity index (χ1v) is 7.77. The van der Waals surface area contributed by atoms with Crippen LogP contribution in [0.2, 0.25) is 0 Å². The number of nitrogens with zero attached hydrogens (tertiary/aromatic N) is 2. The summed E-state index contributed by atoms with van der Waals surface area (Å²) in [7, 11) is 0. The van der Waals surface area contributed by atoms with Crippen LogP contribution in [0.15, 0.2) is 6.07 Å². The zero-order valence-corrected chi connectivity index (χ0v) is 13.0. The summed E-state index contributed by atoms with van der Waals surface area (Å²) >= 11 is 3.63. The Hall–Kier alpha value is -0.970. The number of carbonyl (C=O) groups excluding carboxylic acids is 1. The second-order valence-corrected chi connectivity index (χ2v) is 6.48. The van der Waals surface area contributed by atoms with Crippen LogP contribution < -0.4 is 5.32 Å². The molecule has 0 aromatic carbocycles. The highest BCUT2D eigenvalue weighted by molar-refractivity contribution is 9.09. The van der Waals surface area contributed by atoms with E-state index in [4.69, 9.17) is 0 Å². The van der Waals surface area contributed by atoms with Crippen LogP contribution in [0.5, 0.6) is 0 Å². The van der Waals surface area contributed by atoms with Gasteiger partial charge in [0.15, 0.2) is 0 Å². The average molecular weight is 326 g/mol. The first kappa shape index (κ1) is 14.4. The molecule has 0 saturated heterocycles. The van der Waals surface area contributed by atoms with Crippen LogP contribution in [-0.2, 0) is 6.42 Å². The van der Waals surface area contributed by atoms with Crippen molar-refractivity contribution in [3.63, 3.8) is 0 Å². The van der Waals surface area contributed by atoms with Gasteiger partial charge in [-0.15, -0.1) is 0 Å². The number of hydrogen-bond donors (Lipinski definition) is 1. The van der Waals surface area contributed by atoms with E-state index in [1.165, 1.54) is 12.8 Å². The summed E-state index contributed by atoms with van der Waals surface area (Å²) in [5.74, 6) is 0.571. The molecule has 1 amide bonds. The zero-order chi connectivity index (χ0) is 13.8. The molecule has 0 spiro atoms. The summed E-state index contributed by atoms with van der Waals surface area (Å²) in [6, 6.07) is 1.82. The van der Waals surface area contributed by atoms with Gasteiger partial charge in [-0.05, 0) is 44.6 Å². The fraction of sp³-hybridized carbons (Fsp3) is 0.643. The highest BCUT2D eigenvalue weighted by Gasteiger charge is 2.23. The van der Waals surface area contributed by atoms with Crippen molar-refractivity contribution in [3.05, 3.63) is 23.0 Å². The van der Waals surface area contributed by atoms with Crippen molar-refractivity contribution in [3.8, 4) is 0 Å². The van der Waals surface area contributed by atoms with Gasteiger partial charge in [0.1, 0.15) is 0 Å². The molecule has 2 atom stereocenters. The fourth-order valence-corrected chi connectivity index (χ4v) is 3.30. The Morgan fingerprint density at radius 1 is 1.47 bits per heavy atom. The molecule has 0 bridgehead atoms. The van der Waals surface area contributed by atoms with Crippen LogP contribution in [0.1, 0.15) is 47.9 Å². The van der Waals surface area contributed by atoms with Gasteiger partial charge in [-0.25, -0.2) is 0 Å². The summed E-state index contributed by atoms with van der Waals surface area (Å²) in [5, 5.41) is 11.1. The predicted octanol–water partition coefficient (Wildman–Crippen LogP) is 2.64. The number of hydrogen-bond acceptors (Lipinski definition) is 3. The number of alkyl halides is 1. The minimum Gasteiger partial charge on any atom is -0.352 e. The SMILES string of the molecule is CCc1nnc(C)cc1C(=O)NCC1CCC(Br)C1. The van der Waals surface area contributed by atoms with Crippen LogP contribution in [0.4, 0.5) is 0 Å². The van der Waals surface area contributed by atoms with E-state index in [1.54, 1.807) is 0 Å². The Bertz CT molecular complexity index is 464. The molecular weight excluding hydrogens is 306 g/mol. The summed E-state index contributed by atoms with van der Waals surface area (Å²) < 4.78 is 0. The van der Waals surface area contributed by atoms with Gasteiger partial charge < -0.3 is 5.32 Å². The molecule has 1 heterocycles. The van der Waals surface area contributed by atoms with Crippen molar-refractivity contribution < 1.29 is 4.79 Å². The Labute approximate surface area is 122 Å². The van der Waals surface area contributed by atoms with Gasteiger partial charge in [-0.1, -0.05) is 22.9 Å². The minimum atomic E-state index is -0.0205. The molecule has 1 aliphatic carbocycles. The number of carbonyl (C=O) groups is 1. The van der Waals surface area contributed by atoms with Crippen LogP contribution in [-0.4, -0.2) is 27.5 Å². The number of amides is 1. The summed E-state index contributed by atoms with van der Waals surface area (Å²) in [4.78, 5) is 12.8. The van der Waals surface area contributed by atoms with Gasteiger partial charge in [0, 0.05) is 11.4 Å².